The molecule has 3 aromatic rings. The fraction of sp³-hybridized carbons (Fsp3) is 0.458. The van der Waals surface area contributed by atoms with E-state index in [1.807, 2.05) is 30.4 Å². The highest BCUT2D eigenvalue weighted by molar-refractivity contribution is 5.95. The molecule has 2 aliphatic rings. The Balaban J connectivity index is 1.57. The molecule has 2 atom stereocenters. The number of hydrogen-bond acceptors (Lipinski definition) is 6. The number of rotatable bonds is 6. The van der Waals surface area contributed by atoms with E-state index in [0.717, 1.165) is 25.0 Å². The van der Waals surface area contributed by atoms with E-state index >= 15 is 4.39 Å². The number of anilines is 1. The number of oxazole rings is 1. The molecule has 1 aliphatic heterocycles. The molecule has 1 aliphatic carbocycles. The maximum Gasteiger partial charge on any atom is 0.341 e. The number of nitrogens with zero attached hydrogens (tertiary/aromatic N) is 3. The molecule has 33 heavy (non-hydrogen) atoms. The minimum Gasteiger partial charge on any atom is -0.477 e. The first kappa shape index (κ1) is 21.6. The van der Waals surface area contributed by atoms with E-state index in [4.69, 9.17) is 4.42 Å². The molecule has 0 radical (unpaired) electrons. The summed E-state index contributed by atoms with van der Waals surface area (Å²) >= 11 is 0. The topological polar surface area (TPSA) is 101 Å². The molecule has 1 saturated carbocycles. The smallest absolute Gasteiger partial charge is 0.341 e. The van der Waals surface area contributed by atoms with Crippen molar-refractivity contribution in [3.63, 3.8) is 0 Å². The summed E-state index contributed by atoms with van der Waals surface area (Å²) in [7, 11) is 1.86. The van der Waals surface area contributed by atoms with Crippen LogP contribution in [0.2, 0.25) is 0 Å². The lowest BCUT2D eigenvalue weighted by atomic mass is 9.99. The van der Waals surface area contributed by atoms with Gasteiger partial charge in [-0.05, 0) is 51.8 Å². The fourth-order valence-electron chi connectivity index (χ4n) is 5.19. The fourth-order valence-corrected chi connectivity index (χ4v) is 5.19. The van der Waals surface area contributed by atoms with Crippen molar-refractivity contribution >= 4 is 22.6 Å². The lowest BCUT2D eigenvalue weighted by Gasteiger charge is -2.25. The van der Waals surface area contributed by atoms with Crippen LogP contribution in [0, 0.1) is 25.6 Å². The van der Waals surface area contributed by atoms with Gasteiger partial charge in [0.05, 0.1) is 23.4 Å². The number of aromatic nitrogens is 2. The Bertz CT molecular complexity index is 1310. The molecule has 1 aromatic carbocycles. The van der Waals surface area contributed by atoms with E-state index in [9.17, 15) is 14.7 Å². The lowest BCUT2D eigenvalue weighted by Crippen LogP contribution is -2.29. The second-order valence-corrected chi connectivity index (χ2v) is 9.11. The molecule has 0 bridgehead atoms. The highest BCUT2D eigenvalue weighted by Crippen LogP contribution is 2.41. The van der Waals surface area contributed by atoms with E-state index in [-0.39, 0.29) is 29.0 Å². The Hall–Kier alpha value is -3.20. The van der Waals surface area contributed by atoms with Crippen molar-refractivity contribution in [3.8, 4) is 0 Å². The van der Waals surface area contributed by atoms with Crippen LogP contribution in [-0.4, -0.2) is 40.8 Å². The van der Waals surface area contributed by atoms with E-state index in [2.05, 4.69) is 10.3 Å². The van der Waals surface area contributed by atoms with E-state index in [1.165, 1.54) is 12.3 Å². The Kier molecular flexibility index (Phi) is 5.23. The van der Waals surface area contributed by atoms with Crippen LogP contribution < -0.4 is 15.6 Å². The summed E-state index contributed by atoms with van der Waals surface area (Å²) < 4.78 is 23.0. The van der Waals surface area contributed by atoms with Crippen LogP contribution in [0.4, 0.5) is 10.1 Å². The van der Waals surface area contributed by atoms with Gasteiger partial charge in [-0.25, -0.2) is 14.2 Å². The Morgan fingerprint density at radius 1 is 1.33 bits per heavy atom. The number of aromatic carboxylic acids is 1. The van der Waals surface area contributed by atoms with Gasteiger partial charge in [0.25, 0.3) is 0 Å². The Morgan fingerprint density at radius 3 is 2.70 bits per heavy atom. The number of benzene rings is 1. The molecule has 0 amide bonds. The average Bonchev–Trinajstić information content (AvgIpc) is 3.36. The summed E-state index contributed by atoms with van der Waals surface area (Å²) in [6, 6.07) is 1.26. The minimum atomic E-state index is -1.29. The molecule has 2 fully saturated rings. The SMILES string of the molecule is CNC(c1ncc(C)o1)C1CCN(c2c(F)cc3c(=O)c(C(=O)O)cn(C4CC4)c3c2C)C1. The average molecular weight is 455 g/mol. The highest BCUT2D eigenvalue weighted by atomic mass is 19.1. The third kappa shape index (κ3) is 3.60. The van der Waals surface area contributed by atoms with Crippen LogP contribution in [0.25, 0.3) is 10.9 Å². The van der Waals surface area contributed by atoms with Gasteiger partial charge in [-0.15, -0.1) is 0 Å². The first-order valence-electron chi connectivity index (χ1n) is 11.3. The van der Waals surface area contributed by atoms with Gasteiger partial charge in [-0.3, -0.25) is 4.79 Å². The number of hydrogen-bond donors (Lipinski definition) is 2. The monoisotopic (exact) mass is 454 g/mol. The third-order valence-corrected chi connectivity index (χ3v) is 6.88. The van der Waals surface area contributed by atoms with Gasteiger partial charge in [-0.2, -0.15) is 0 Å². The molecular formula is C24H27FN4O4. The molecule has 3 heterocycles. The predicted octanol–water partition coefficient (Wildman–Crippen LogP) is 3.57. The standard InChI is InChI=1S/C24H27FN4O4/c1-12-9-27-23(33-12)19(26-3)14-6-7-28(10-14)21-13(2)20-16(8-18(21)25)22(30)17(24(31)32)11-29(20)15-4-5-15/h8-9,11,14-15,19,26H,4-7,10H2,1-3H3,(H,31,32). The summed E-state index contributed by atoms with van der Waals surface area (Å²) in [6.07, 6.45) is 5.77. The molecule has 2 unspecified atom stereocenters. The van der Waals surface area contributed by atoms with Gasteiger partial charge >= 0.3 is 5.97 Å². The van der Waals surface area contributed by atoms with Crippen LogP contribution >= 0.6 is 0 Å². The van der Waals surface area contributed by atoms with Crippen molar-refractivity contribution in [2.24, 2.45) is 5.92 Å². The van der Waals surface area contributed by atoms with Crippen molar-refractivity contribution in [2.75, 3.05) is 25.0 Å². The second kappa shape index (κ2) is 7.98. The van der Waals surface area contributed by atoms with E-state index in [0.29, 0.717) is 35.7 Å². The third-order valence-electron chi connectivity index (χ3n) is 6.88. The number of fused-ring (bicyclic) bond motifs is 1. The van der Waals surface area contributed by atoms with Gasteiger partial charge < -0.3 is 24.3 Å². The van der Waals surface area contributed by atoms with Crippen LogP contribution in [0.5, 0.6) is 0 Å². The van der Waals surface area contributed by atoms with Gasteiger partial charge in [0, 0.05) is 36.6 Å². The van der Waals surface area contributed by atoms with Gasteiger partial charge in [0.15, 0.2) is 0 Å². The molecule has 2 aromatic heterocycles. The van der Waals surface area contributed by atoms with Crippen LogP contribution in [0.1, 0.15) is 58.9 Å². The number of pyridine rings is 1. The summed E-state index contributed by atoms with van der Waals surface area (Å²) in [4.78, 5) is 30.8. The molecule has 174 valence electrons. The van der Waals surface area contributed by atoms with Crippen molar-refractivity contribution in [2.45, 2.75) is 45.2 Å². The van der Waals surface area contributed by atoms with Crippen LogP contribution in [-0.2, 0) is 0 Å². The van der Waals surface area contributed by atoms with Crippen molar-refractivity contribution in [1.29, 1.82) is 0 Å². The molecule has 5 rings (SSSR count). The largest absolute Gasteiger partial charge is 0.477 e. The number of carboxylic acids is 1. The number of carbonyl (C=O) groups is 1. The molecule has 0 spiro atoms. The van der Waals surface area contributed by atoms with Crippen molar-refractivity contribution in [1.82, 2.24) is 14.9 Å². The number of carboxylic acid groups (broad SMARTS) is 1. The molecule has 9 heteroatoms. The number of aryl methyl sites for hydroxylation is 2. The maximum absolute atomic E-state index is 15.4. The molecule has 2 N–H and O–H groups in total. The van der Waals surface area contributed by atoms with Crippen LogP contribution in [0.3, 0.4) is 0 Å². The number of nitrogens with one attached hydrogen (secondary N) is 1. The van der Waals surface area contributed by atoms with Gasteiger partial charge in [0.2, 0.25) is 11.3 Å². The van der Waals surface area contributed by atoms with Gasteiger partial charge in [-0.1, -0.05) is 0 Å². The first-order chi connectivity index (χ1) is 15.8. The summed E-state index contributed by atoms with van der Waals surface area (Å²) in [6.45, 7) is 4.94. The molecule has 1 saturated heterocycles. The van der Waals surface area contributed by atoms with Gasteiger partial charge in [0.1, 0.15) is 17.1 Å². The second-order valence-electron chi connectivity index (χ2n) is 9.11. The summed E-state index contributed by atoms with van der Waals surface area (Å²) in [5, 5.41) is 12.9. The normalized spacial score (nSPS) is 19.4. The van der Waals surface area contributed by atoms with Crippen molar-refractivity contribution < 1.29 is 18.7 Å². The quantitative estimate of drug-likeness (QED) is 0.587. The highest BCUT2D eigenvalue weighted by Gasteiger charge is 2.35. The minimum absolute atomic E-state index is 0.0877. The summed E-state index contributed by atoms with van der Waals surface area (Å²) in [5.74, 6) is -0.254. The number of halogens is 1. The van der Waals surface area contributed by atoms with Crippen molar-refractivity contribution in [3.05, 3.63) is 57.3 Å². The Morgan fingerprint density at radius 2 is 2.09 bits per heavy atom. The predicted molar refractivity (Wildman–Crippen MR) is 121 cm³/mol. The van der Waals surface area contributed by atoms with E-state index < -0.39 is 17.2 Å². The zero-order valence-electron chi connectivity index (χ0n) is 18.9. The molecule has 8 nitrogen and oxygen atoms in total. The zero-order valence-corrected chi connectivity index (χ0v) is 18.9. The summed E-state index contributed by atoms with van der Waals surface area (Å²) in [5.41, 5.74) is 0.803. The van der Waals surface area contributed by atoms with E-state index in [1.54, 1.807) is 6.20 Å². The molecular weight excluding hydrogens is 427 g/mol. The first-order valence-corrected chi connectivity index (χ1v) is 11.3. The Labute approximate surface area is 190 Å². The lowest BCUT2D eigenvalue weighted by molar-refractivity contribution is 0.0695. The van der Waals surface area contributed by atoms with Crippen LogP contribution in [0.15, 0.2) is 27.7 Å². The maximum atomic E-state index is 15.4. The zero-order chi connectivity index (χ0) is 23.4.